The molecule has 1 heterocycles. The Kier molecular flexibility index (Phi) is 5.79. The monoisotopic (exact) mass is 502 g/mol. The molecule has 0 radical (unpaired) electrons. The molecule has 0 fully saturated rings. The third kappa shape index (κ3) is 4.47. The smallest absolute Gasteiger partial charge is 0.238 e. The van der Waals surface area contributed by atoms with Crippen molar-refractivity contribution in [3.8, 4) is 17.2 Å². The molecule has 0 aliphatic heterocycles. The molecule has 4 rings (SSSR count). The highest BCUT2D eigenvalue weighted by Crippen LogP contribution is 2.35. The Bertz CT molecular complexity index is 1320. The summed E-state index contributed by atoms with van der Waals surface area (Å²) in [6, 6.07) is 18.6. The molecule has 158 valence electrons. The molecule has 4 aromatic rings. The van der Waals surface area contributed by atoms with Crippen LogP contribution in [0.3, 0.4) is 0 Å². The van der Waals surface area contributed by atoms with Crippen molar-refractivity contribution in [3.63, 3.8) is 0 Å². The summed E-state index contributed by atoms with van der Waals surface area (Å²) in [4.78, 5) is 4.30. The van der Waals surface area contributed by atoms with E-state index in [2.05, 4.69) is 26.2 Å². The van der Waals surface area contributed by atoms with Crippen LogP contribution in [0.5, 0.6) is 5.75 Å². The molecule has 3 aromatic carbocycles. The van der Waals surface area contributed by atoms with Crippen LogP contribution in [0.4, 0.5) is 16.0 Å². The fourth-order valence-corrected chi connectivity index (χ4v) is 4.36. The van der Waals surface area contributed by atoms with Gasteiger partial charge in [0.15, 0.2) is 0 Å². The Balaban J connectivity index is 1.83. The Morgan fingerprint density at radius 1 is 1.03 bits per heavy atom. The van der Waals surface area contributed by atoms with Gasteiger partial charge in [0.05, 0.1) is 12.0 Å². The highest BCUT2D eigenvalue weighted by molar-refractivity contribution is 9.10. The van der Waals surface area contributed by atoms with Crippen molar-refractivity contribution >= 4 is 37.3 Å². The number of nitrogens with one attached hydrogen (secondary N) is 1. The molecule has 0 aliphatic carbocycles. The molecule has 0 spiro atoms. The van der Waals surface area contributed by atoms with E-state index < -0.39 is 15.7 Å². The number of halogens is 2. The summed E-state index contributed by atoms with van der Waals surface area (Å²) in [5.74, 6) is 0.143. The van der Waals surface area contributed by atoms with E-state index in [1.807, 2.05) is 0 Å². The zero-order chi connectivity index (χ0) is 22.0. The van der Waals surface area contributed by atoms with Crippen LogP contribution in [0, 0.1) is 5.82 Å². The van der Waals surface area contributed by atoms with E-state index >= 15 is 0 Å². The van der Waals surface area contributed by atoms with E-state index in [0.717, 1.165) is 4.47 Å². The largest absolute Gasteiger partial charge is 0.497 e. The van der Waals surface area contributed by atoms with E-state index in [4.69, 9.17) is 9.15 Å². The van der Waals surface area contributed by atoms with Crippen LogP contribution in [0.2, 0.25) is 0 Å². The molecule has 9 heteroatoms. The second-order valence-electron chi connectivity index (χ2n) is 6.47. The average Bonchev–Trinajstić information content (AvgIpc) is 3.19. The van der Waals surface area contributed by atoms with Crippen LogP contribution in [0.25, 0.3) is 11.5 Å². The van der Waals surface area contributed by atoms with Gasteiger partial charge in [0.2, 0.25) is 26.6 Å². The molecule has 0 atom stereocenters. The number of ether oxygens (including phenoxy) is 1. The van der Waals surface area contributed by atoms with E-state index in [0.29, 0.717) is 17.0 Å². The van der Waals surface area contributed by atoms with Crippen LogP contribution < -0.4 is 10.1 Å². The molecule has 1 aromatic heterocycles. The Hall–Kier alpha value is -3.17. The lowest BCUT2D eigenvalue weighted by Gasteiger charge is -2.07. The maximum atomic E-state index is 13.3. The molecular formula is C22H16BrFN2O4S. The predicted octanol–water partition coefficient (Wildman–Crippen LogP) is 5.83. The third-order valence-electron chi connectivity index (χ3n) is 4.39. The van der Waals surface area contributed by atoms with Crippen LogP contribution in [0.15, 0.2) is 91.6 Å². The number of methoxy groups -OCH3 is 1. The van der Waals surface area contributed by atoms with Crippen LogP contribution >= 0.6 is 15.9 Å². The topological polar surface area (TPSA) is 81.4 Å². The van der Waals surface area contributed by atoms with Gasteiger partial charge in [-0.3, -0.25) is 0 Å². The quantitative estimate of drug-likeness (QED) is 0.357. The second kappa shape index (κ2) is 8.52. The molecule has 0 unspecified atom stereocenters. The van der Waals surface area contributed by atoms with Crippen molar-refractivity contribution in [1.29, 1.82) is 0 Å². The van der Waals surface area contributed by atoms with Crippen molar-refractivity contribution in [2.24, 2.45) is 0 Å². The van der Waals surface area contributed by atoms with Crippen LogP contribution in [-0.4, -0.2) is 20.5 Å². The van der Waals surface area contributed by atoms with Gasteiger partial charge in [-0.1, -0.05) is 22.0 Å². The van der Waals surface area contributed by atoms with Gasteiger partial charge in [0, 0.05) is 21.8 Å². The SMILES string of the molecule is COc1cccc(Nc2oc(-c3ccc(F)cc3)nc2S(=O)(=O)c2ccc(Br)cc2)c1. The minimum absolute atomic E-state index is 0.0427. The minimum Gasteiger partial charge on any atom is -0.497 e. The van der Waals surface area contributed by atoms with Gasteiger partial charge in [0.25, 0.3) is 0 Å². The summed E-state index contributed by atoms with van der Waals surface area (Å²) in [7, 11) is -2.48. The van der Waals surface area contributed by atoms with Gasteiger partial charge in [-0.15, -0.1) is 0 Å². The molecule has 0 aliphatic rings. The lowest BCUT2D eigenvalue weighted by atomic mass is 10.2. The summed E-state index contributed by atoms with van der Waals surface area (Å²) in [5, 5.41) is 2.68. The highest BCUT2D eigenvalue weighted by Gasteiger charge is 2.29. The summed E-state index contributed by atoms with van der Waals surface area (Å²) in [6.45, 7) is 0. The standard InChI is InChI=1S/C22H16BrFN2O4S/c1-29-18-4-2-3-17(13-18)25-21-22(31(27,28)19-11-7-15(23)8-12-19)26-20(30-21)14-5-9-16(24)10-6-14/h2-13,25H,1H3. The van der Waals surface area contributed by atoms with Crippen LogP contribution in [0.1, 0.15) is 0 Å². The van der Waals surface area contributed by atoms with Gasteiger partial charge in [-0.25, -0.2) is 12.8 Å². The first-order chi connectivity index (χ1) is 14.9. The number of oxazole rings is 1. The van der Waals surface area contributed by atoms with E-state index in [1.165, 1.54) is 43.5 Å². The van der Waals surface area contributed by atoms with Crippen molar-refractivity contribution in [3.05, 3.63) is 83.1 Å². The third-order valence-corrected chi connectivity index (χ3v) is 6.60. The molecule has 31 heavy (non-hydrogen) atoms. The maximum absolute atomic E-state index is 13.3. The first kappa shape index (κ1) is 21.1. The summed E-state index contributed by atoms with van der Waals surface area (Å²) in [5.41, 5.74) is 0.987. The summed E-state index contributed by atoms with van der Waals surface area (Å²) < 4.78 is 51.7. The Morgan fingerprint density at radius 2 is 1.74 bits per heavy atom. The average molecular weight is 503 g/mol. The number of rotatable bonds is 6. The van der Waals surface area contributed by atoms with Crippen molar-refractivity contribution in [1.82, 2.24) is 4.98 Å². The number of anilines is 2. The fourth-order valence-electron chi connectivity index (χ4n) is 2.84. The molecule has 0 saturated carbocycles. The molecule has 0 bridgehead atoms. The number of nitrogens with zero attached hydrogens (tertiary/aromatic N) is 1. The summed E-state index contributed by atoms with van der Waals surface area (Å²) >= 11 is 3.30. The van der Waals surface area contributed by atoms with E-state index in [9.17, 15) is 12.8 Å². The number of hydrogen-bond donors (Lipinski definition) is 1. The Morgan fingerprint density at radius 3 is 2.42 bits per heavy atom. The minimum atomic E-state index is -4.01. The number of aromatic nitrogens is 1. The lowest BCUT2D eigenvalue weighted by Crippen LogP contribution is -2.05. The molecule has 0 amide bonds. The zero-order valence-electron chi connectivity index (χ0n) is 16.2. The lowest BCUT2D eigenvalue weighted by molar-refractivity contribution is 0.415. The zero-order valence-corrected chi connectivity index (χ0v) is 18.6. The normalized spacial score (nSPS) is 11.3. The second-order valence-corrected chi connectivity index (χ2v) is 9.26. The first-order valence-corrected chi connectivity index (χ1v) is 11.3. The number of hydrogen-bond acceptors (Lipinski definition) is 6. The highest BCUT2D eigenvalue weighted by atomic mass is 79.9. The Labute approximate surface area is 186 Å². The van der Waals surface area contributed by atoms with Crippen molar-refractivity contribution < 1.29 is 22.0 Å². The van der Waals surface area contributed by atoms with Gasteiger partial charge in [0.1, 0.15) is 11.6 Å². The van der Waals surface area contributed by atoms with Gasteiger partial charge < -0.3 is 14.5 Å². The summed E-state index contributed by atoms with van der Waals surface area (Å²) in [6.07, 6.45) is 0. The fraction of sp³-hybridized carbons (Fsp3) is 0.0455. The maximum Gasteiger partial charge on any atom is 0.238 e. The predicted molar refractivity (Wildman–Crippen MR) is 118 cm³/mol. The van der Waals surface area contributed by atoms with Gasteiger partial charge >= 0.3 is 0 Å². The van der Waals surface area contributed by atoms with E-state index in [1.54, 1.807) is 36.4 Å². The van der Waals surface area contributed by atoms with Gasteiger partial charge in [-0.05, 0) is 60.7 Å². The molecule has 6 nitrogen and oxygen atoms in total. The first-order valence-electron chi connectivity index (χ1n) is 9.05. The number of sulfone groups is 1. The number of benzene rings is 3. The molecule has 0 saturated heterocycles. The van der Waals surface area contributed by atoms with Crippen molar-refractivity contribution in [2.75, 3.05) is 12.4 Å². The van der Waals surface area contributed by atoms with Gasteiger partial charge in [-0.2, -0.15) is 4.98 Å². The molecular weight excluding hydrogens is 487 g/mol. The van der Waals surface area contributed by atoms with Crippen molar-refractivity contribution in [2.45, 2.75) is 9.92 Å². The van der Waals surface area contributed by atoms with Crippen LogP contribution in [-0.2, 0) is 9.84 Å². The molecule has 1 N–H and O–H groups in total. The van der Waals surface area contributed by atoms with E-state index in [-0.39, 0.29) is 21.7 Å².